The van der Waals surface area contributed by atoms with Crippen molar-refractivity contribution in [1.82, 2.24) is 19.5 Å². The van der Waals surface area contributed by atoms with Gasteiger partial charge in [-0.2, -0.15) is 0 Å². The van der Waals surface area contributed by atoms with E-state index >= 15 is 0 Å². The molecule has 0 saturated carbocycles. The lowest BCUT2D eigenvalue weighted by Crippen LogP contribution is -2.14. The van der Waals surface area contributed by atoms with E-state index in [0.717, 1.165) is 38.6 Å². The van der Waals surface area contributed by atoms with Crippen LogP contribution in [0.3, 0.4) is 0 Å². The van der Waals surface area contributed by atoms with E-state index in [9.17, 15) is 0 Å². The summed E-state index contributed by atoms with van der Waals surface area (Å²) in [4.78, 5) is 15.2. The number of hydrogen-bond acceptors (Lipinski definition) is 4. The van der Waals surface area contributed by atoms with Crippen LogP contribution in [-0.2, 0) is 5.41 Å². The van der Waals surface area contributed by atoms with E-state index in [0.29, 0.717) is 39.8 Å². The maximum Gasteiger partial charge on any atom is 0.164 e. The number of rotatable bonds is 5. The monoisotopic (exact) mass is 762 g/mol. The summed E-state index contributed by atoms with van der Waals surface area (Å²) < 4.78 is 60.1. The van der Waals surface area contributed by atoms with Gasteiger partial charge in [0, 0.05) is 49.3 Å². The second-order valence-electron chi connectivity index (χ2n) is 15.5. The highest BCUT2D eigenvalue weighted by Crippen LogP contribution is 2.52. The molecule has 8 aromatic carbocycles. The van der Waals surface area contributed by atoms with Gasteiger partial charge in [-0.3, -0.25) is 0 Å². The zero-order chi connectivity index (χ0) is 44.5. The van der Waals surface area contributed by atoms with Gasteiger partial charge in [0.05, 0.1) is 19.3 Å². The van der Waals surface area contributed by atoms with Crippen LogP contribution < -0.4 is 0 Å². The molecule has 0 radical (unpaired) electrons. The lowest BCUT2D eigenvalue weighted by Gasteiger charge is -2.21. The predicted molar refractivity (Wildman–Crippen MR) is 241 cm³/mol. The van der Waals surface area contributed by atoms with Crippen LogP contribution in [0.4, 0.5) is 0 Å². The standard InChI is InChI=1S/C54H36N4O/c1-54(2)44-17-7-3-15-43(44)50-38(16-11-18-45(50)54)33-22-24-34(25-23-33)51-55-52(57-53(56-51)36-28-31-42-41-14-6-10-21-48(41)59-49(42)32-36)35-26-29-37(30-27-35)58-46-19-8-4-12-39(46)40-13-5-9-20-47(40)58/h3-32H,1-2H3/i4D,5D,12D,13D,19D,20D. The minimum atomic E-state index is -0.160. The van der Waals surface area contributed by atoms with Crippen molar-refractivity contribution < 1.29 is 12.6 Å². The summed E-state index contributed by atoms with van der Waals surface area (Å²) in [6.45, 7) is 4.58. The number of hydrogen-bond donors (Lipinski definition) is 0. The Bertz CT molecular complexity index is 3750. The van der Waals surface area contributed by atoms with Crippen LogP contribution in [0.5, 0.6) is 0 Å². The molecule has 0 saturated heterocycles. The minimum absolute atomic E-state index is 0.0175. The molecule has 5 nitrogen and oxygen atoms in total. The summed E-state index contributed by atoms with van der Waals surface area (Å²) in [5, 5.41) is 2.43. The van der Waals surface area contributed by atoms with Crippen LogP contribution in [0.2, 0.25) is 0 Å². The number of para-hydroxylation sites is 3. The van der Waals surface area contributed by atoms with Crippen molar-refractivity contribution in [2.45, 2.75) is 19.3 Å². The van der Waals surface area contributed by atoms with Crippen molar-refractivity contribution in [2.75, 3.05) is 0 Å². The van der Waals surface area contributed by atoms with Gasteiger partial charge in [0.1, 0.15) is 11.2 Å². The van der Waals surface area contributed by atoms with Crippen LogP contribution in [0.1, 0.15) is 33.2 Å². The fourth-order valence-corrected chi connectivity index (χ4v) is 8.95. The van der Waals surface area contributed by atoms with Crippen molar-refractivity contribution in [1.29, 1.82) is 0 Å². The Kier molecular flexibility index (Phi) is 6.00. The van der Waals surface area contributed by atoms with Gasteiger partial charge < -0.3 is 8.98 Å². The lowest BCUT2D eigenvalue weighted by atomic mass is 9.82. The average Bonchev–Trinajstić information content (AvgIpc) is 3.97. The van der Waals surface area contributed by atoms with Crippen LogP contribution in [0.15, 0.2) is 186 Å². The molecule has 278 valence electrons. The third-order valence-corrected chi connectivity index (χ3v) is 11.8. The van der Waals surface area contributed by atoms with E-state index in [-0.39, 0.29) is 52.4 Å². The predicted octanol–water partition coefficient (Wildman–Crippen LogP) is 13.8. The molecule has 1 aliphatic carbocycles. The summed E-state index contributed by atoms with van der Waals surface area (Å²) in [5.74, 6) is 1.37. The Morgan fingerprint density at radius 3 is 1.76 bits per heavy atom. The highest BCUT2D eigenvalue weighted by Gasteiger charge is 2.36. The van der Waals surface area contributed by atoms with Crippen LogP contribution in [0, 0.1) is 0 Å². The zero-order valence-electron chi connectivity index (χ0n) is 38.1. The molecular formula is C54H36N4O. The van der Waals surface area contributed by atoms with Crippen molar-refractivity contribution in [3.63, 3.8) is 0 Å². The molecule has 12 rings (SSSR count). The van der Waals surface area contributed by atoms with Crippen LogP contribution >= 0.6 is 0 Å². The number of aromatic nitrogens is 4. The van der Waals surface area contributed by atoms with E-state index in [2.05, 4.69) is 80.6 Å². The molecule has 0 spiro atoms. The van der Waals surface area contributed by atoms with Gasteiger partial charge in [0.15, 0.2) is 17.5 Å². The Balaban J connectivity index is 0.999. The van der Waals surface area contributed by atoms with Crippen molar-refractivity contribution in [3.8, 4) is 62.1 Å². The van der Waals surface area contributed by atoms with Crippen molar-refractivity contribution in [2.24, 2.45) is 0 Å². The topological polar surface area (TPSA) is 56.7 Å². The van der Waals surface area contributed by atoms with Gasteiger partial charge in [-0.1, -0.05) is 141 Å². The first-order valence-electron chi connectivity index (χ1n) is 22.6. The molecular weight excluding hydrogens is 721 g/mol. The molecule has 0 bridgehead atoms. The Morgan fingerprint density at radius 1 is 0.475 bits per heavy atom. The lowest BCUT2D eigenvalue weighted by molar-refractivity contribution is 0.660. The van der Waals surface area contributed by atoms with E-state index < -0.39 is 0 Å². The number of nitrogens with zero attached hydrogens (tertiary/aromatic N) is 4. The fraction of sp³-hybridized carbons (Fsp3) is 0.0556. The second-order valence-corrected chi connectivity index (χ2v) is 15.5. The maximum atomic E-state index is 8.90. The molecule has 0 N–H and O–H groups in total. The Hall–Kier alpha value is -7.63. The fourth-order valence-electron chi connectivity index (χ4n) is 8.95. The van der Waals surface area contributed by atoms with E-state index in [1.54, 1.807) is 4.57 Å². The van der Waals surface area contributed by atoms with E-state index in [1.807, 2.05) is 66.7 Å². The van der Waals surface area contributed by atoms with E-state index in [4.69, 9.17) is 27.6 Å². The highest BCUT2D eigenvalue weighted by atomic mass is 16.3. The van der Waals surface area contributed by atoms with Gasteiger partial charge in [-0.05, 0) is 87.9 Å². The quantitative estimate of drug-likeness (QED) is 0.175. The molecule has 0 fully saturated rings. The van der Waals surface area contributed by atoms with Gasteiger partial charge in [0.2, 0.25) is 0 Å². The molecule has 0 amide bonds. The third kappa shape index (κ3) is 5.14. The van der Waals surface area contributed by atoms with Gasteiger partial charge in [-0.15, -0.1) is 0 Å². The van der Waals surface area contributed by atoms with Gasteiger partial charge in [0.25, 0.3) is 0 Å². The van der Waals surface area contributed by atoms with Gasteiger partial charge in [-0.25, -0.2) is 15.0 Å². The number of furan rings is 1. The summed E-state index contributed by atoms with van der Waals surface area (Å²) in [6.07, 6.45) is 0. The summed E-state index contributed by atoms with van der Waals surface area (Å²) in [5.41, 5.74) is 12.2. The Labute approximate surface area is 349 Å². The summed E-state index contributed by atoms with van der Waals surface area (Å²) in [7, 11) is 0. The molecule has 0 aliphatic heterocycles. The molecule has 5 heteroatoms. The number of benzene rings is 8. The van der Waals surface area contributed by atoms with Gasteiger partial charge >= 0.3 is 0 Å². The molecule has 59 heavy (non-hydrogen) atoms. The zero-order valence-corrected chi connectivity index (χ0v) is 32.1. The van der Waals surface area contributed by atoms with Crippen molar-refractivity contribution in [3.05, 3.63) is 193 Å². The second kappa shape index (κ2) is 12.7. The van der Waals surface area contributed by atoms with E-state index in [1.165, 1.54) is 39.9 Å². The molecule has 11 aromatic rings. The maximum absolute atomic E-state index is 8.90. The molecule has 3 aromatic heterocycles. The molecule has 0 unspecified atom stereocenters. The largest absolute Gasteiger partial charge is 0.456 e. The first kappa shape index (κ1) is 27.9. The SMILES string of the molecule is [2H]c1cc([2H])c2c(c1[2H])c1c([2H])c([2H])cc([2H])c1n2-c1ccc(-c2nc(-c3ccc(-c4cccc5c4-c4ccccc4C5(C)C)cc3)nc(-c3ccc4c(c3)oc3ccccc34)n2)cc1. The minimum Gasteiger partial charge on any atom is -0.456 e. The average molecular weight is 763 g/mol. The summed E-state index contributed by atoms with van der Waals surface area (Å²) in [6, 6.07) is 46.9. The highest BCUT2D eigenvalue weighted by molar-refractivity contribution is 6.09. The number of fused-ring (bicyclic) bond motifs is 9. The first-order chi connectivity index (χ1) is 31.5. The normalized spacial score (nSPS) is 14.5. The van der Waals surface area contributed by atoms with Crippen LogP contribution in [-0.4, -0.2) is 19.5 Å². The first-order valence-corrected chi connectivity index (χ1v) is 19.6. The smallest absolute Gasteiger partial charge is 0.164 e. The Morgan fingerprint density at radius 2 is 1.03 bits per heavy atom. The summed E-state index contributed by atoms with van der Waals surface area (Å²) >= 11 is 0. The third-order valence-electron chi connectivity index (χ3n) is 11.8. The molecule has 0 atom stereocenters. The van der Waals surface area contributed by atoms with Crippen LogP contribution in [0.25, 0.3) is 106 Å². The van der Waals surface area contributed by atoms with Crippen molar-refractivity contribution >= 4 is 43.7 Å². The molecule has 1 aliphatic rings. The molecule has 3 heterocycles.